The average Bonchev–Trinajstić information content (AvgIpc) is 4.03. The number of rotatable bonds is 7. The molecule has 10 aromatic carbocycles. The van der Waals surface area contributed by atoms with Crippen molar-refractivity contribution in [3.8, 4) is 33.4 Å². The molecule has 0 N–H and O–H groups in total. The van der Waals surface area contributed by atoms with Gasteiger partial charge in [-0.2, -0.15) is 0 Å². The van der Waals surface area contributed by atoms with E-state index >= 15 is 0 Å². The lowest BCUT2D eigenvalue weighted by atomic mass is 9.67. The van der Waals surface area contributed by atoms with Crippen molar-refractivity contribution in [1.29, 1.82) is 0 Å². The Balaban J connectivity index is 0.962. The van der Waals surface area contributed by atoms with Crippen LogP contribution in [0.25, 0.3) is 75.5 Å². The second kappa shape index (κ2) is 14.6. The van der Waals surface area contributed by atoms with Gasteiger partial charge in [0, 0.05) is 48.0 Å². The fourth-order valence-corrected chi connectivity index (χ4v) is 11.5. The molecule has 0 unspecified atom stereocenters. The van der Waals surface area contributed by atoms with E-state index < -0.39 is 5.41 Å². The Bertz CT molecular complexity index is 3530. The van der Waals surface area contributed by atoms with E-state index in [2.05, 4.69) is 229 Å². The number of hydrogen-bond acceptors (Lipinski definition) is 3. The fourth-order valence-electron chi connectivity index (χ4n) is 10.5. The van der Waals surface area contributed by atoms with Gasteiger partial charge in [0.2, 0.25) is 0 Å². The first kappa shape index (κ1) is 36.7. The summed E-state index contributed by atoms with van der Waals surface area (Å²) in [4.78, 5) is 2.41. The summed E-state index contributed by atoms with van der Waals surface area (Å²) in [6, 6.07) is 86.7. The summed E-state index contributed by atoms with van der Waals surface area (Å²) in [5.41, 5.74) is 16.9. The van der Waals surface area contributed by atoms with Gasteiger partial charge < -0.3 is 9.32 Å². The highest BCUT2D eigenvalue weighted by molar-refractivity contribution is 7.25. The Morgan fingerprint density at radius 1 is 0.328 bits per heavy atom. The zero-order valence-corrected chi connectivity index (χ0v) is 35.6. The van der Waals surface area contributed by atoms with Crippen LogP contribution in [0.3, 0.4) is 0 Å². The molecule has 0 saturated carbocycles. The molecule has 0 fully saturated rings. The molecular formula is C61H39NOS. The van der Waals surface area contributed by atoms with Crippen LogP contribution in [0.15, 0.2) is 241 Å². The lowest BCUT2D eigenvalue weighted by molar-refractivity contribution is 0.669. The number of nitrogens with zero attached hydrogens (tertiary/aromatic N) is 1. The largest absolute Gasteiger partial charge is 0.456 e. The zero-order chi connectivity index (χ0) is 42.2. The minimum atomic E-state index is -0.510. The highest BCUT2D eigenvalue weighted by Crippen LogP contribution is 2.56. The van der Waals surface area contributed by atoms with E-state index in [1.54, 1.807) is 0 Å². The SMILES string of the molecule is c1ccc(C2(c3cccc(N(c4ccc(-c5ccc6oc7ccccc7c6c5)cc4)c4ccc(-c5ccc6sc7ccccc7c6c5)cc4)c3)c3ccccc3-c3ccccc32)cc1. The standard InChI is InChI=1S/C61H39NOS/c1-2-13-44(14-3-1)61(55-21-8-4-17-49(55)50-18-5-9-22-56(50)61)45-15-12-16-48(39-45)62(46-31-25-40(26-32-46)42-29-35-58-53(37-42)51-19-6-10-23-57(51)63-58)47-33-27-41(28-34-47)43-30-36-60-54(38-43)52-20-7-11-24-59(52)64-60/h1-39H. The van der Waals surface area contributed by atoms with Gasteiger partial charge in [-0.15, -0.1) is 11.3 Å². The van der Waals surface area contributed by atoms with E-state index in [0.29, 0.717) is 0 Å². The predicted molar refractivity (Wildman–Crippen MR) is 269 cm³/mol. The normalized spacial score (nSPS) is 12.8. The highest BCUT2D eigenvalue weighted by atomic mass is 32.1. The number of benzene rings is 10. The van der Waals surface area contributed by atoms with Crippen LogP contribution in [0.1, 0.15) is 22.3 Å². The third-order valence-corrected chi connectivity index (χ3v) is 14.5. The molecule has 0 bridgehead atoms. The average molecular weight is 834 g/mol. The summed E-state index contributed by atoms with van der Waals surface area (Å²) in [6.45, 7) is 0. The van der Waals surface area contributed by atoms with Crippen molar-refractivity contribution in [3.63, 3.8) is 0 Å². The fraction of sp³-hybridized carbons (Fsp3) is 0.0164. The topological polar surface area (TPSA) is 16.4 Å². The number of fused-ring (bicyclic) bond motifs is 9. The number of anilines is 3. The first-order chi connectivity index (χ1) is 31.7. The van der Waals surface area contributed by atoms with Crippen LogP contribution in [0.4, 0.5) is 17.1 Å². The predicted octanol–water partition coefficient (Wildman–Crippen LogP) is 17.1. The zero-order valence-electron chi connectivity index (χ0n) is 34.8. The van der Waals surface area contributed by atoms with Crippen molar-refractivity contribution in [2.75, 3.05) is 4.90 Å². The second-order valence-electron chi connectivity index (χ2n) is 16.8. The smallest absolute Gasteiger partial charge is 0.135 e. The van der Waals surface area contributed by atoms with Gasteiger partial charge in [-0.05, 0) is 128 Å². The Morgan fingerprint density at radius 2 is 0.859 bits per heavy atom. The Kier molecular flexibility index (Phi) is 8.34. The maximum Gasteiger partial charge on any atom is 0.135 e. The first-order valence-electron chi connectivity index (χ1n) is 21.9. The van der Waals surface area contributed by atoms with Crippen LogP contribution in [-0.4, -0.2) is 0 Å². The molecule has 1 aliphatic rings. The van der Waals surface area contributed by atoms with Crippen LogP contribution in [0.5, 0.6) is 0 Å². The molecular weight excluding hydrogens is 795 g/mol. The quantitative estimate of drug-likeness (QED) is 0.159. The van der Waals surface area contributed by atoms with Gasteiger partial charge in [-0.25, -0.2) is 0 Å². The molecule has 2 heterocycles. The van der Waals surface area contributed by atoms with Crippen molar-refractivity contribution in [2.45, 2.75) is 5.41 Å². The van der Waals surface area contributed by atoms with Crippen LogP contribution in [0, 0.1) is 0 Å². The lowest BCUT2D eigenvalue weighted by Gasteiger charge is -2.35. The monoisotopic (exact) mass is 833 g/mol. The second-order valence-corrected chi connectivity index (χ2v) is 17.9. The minimum Gasteiger partial charge on any atom is -0.456 e. The molecule has 1 aliphatic carbocycles. The van der Waals surface area contributed by atoms with Gasteiger partial charge in [-0.3, -0.25) is 0 Å². The third kappa shape index (κ3) is 5.64. The third-order valence-electron chi connectivity index (χ3n) is 13.4. The highest BCUT2D eigenvalue weighted by Gasteiger charge is 2.46. The van der Waals surface area contributed by atoms with Crippen molar-refractivity contribution in [3.05, 3.63) is 259 Å². The lowest BCUT2D eigenvalue weighted by Crippen LogP contribution is -2.28. The van der Waals surface area contributed by atoms with E-state index in [1.807, 2.05) is 23.5 Å². The van der Waals surface area contributed by atoms with E-state index in [-0.39, 0.29) is 0 Å². The summed E-state index contributed by atoms with van der Waals surface area (Å²) in [6.07, 6.45) is 0. The van der Waals surface area contributed by atoms with Gasteiger partial charge >= 0.3 is 0 Å². The molecule has 3 heteroatoms. The number of para-hydroxylation sites is 1. The van der Waals surface area contributed by atoms with Gasteiger partial charge in [0.15, 0.2) is 0 Å². The molecule has 13 rings (SSSR count). The molecule has 300 valence electrons. The van der Waals surface area contributed by atoms with Crippen molar-refractivity contribution in [2.24, 2.45) is 0 Å². The molecule has 0 aliphatic heterocycles. The van der Waals surface area contributed by atoms with E-state index in [9.17, 15) is 0 Å². The maximum atomic E-state index is 6.18. The summed E-state index contributed by atoms with van der Waals surface area (Å²) in [5.74, 6) is 0. The van der Waals surface area contributed by atoms with Crippen LogP contribution in [-0.2, 0) is 5.41 Å². The molecule has 64 heavy (non-hydrogen) atoms. The van der Waals surface area contributed by atoms with Gasteiger partial charge in [0.25, 0.3) is 0 Å². The molecule has 2 nitrogen and oxygen atoms in total. The van der Waals surface area contributed by atoms with Crippen LogP contribution in [0.2, 0.25) is 0 Å². The van der Waals surface area contributed by atoms with Crippen LogP contribution >= 0.6 is 11.3 Å². The molecule has 0 atom stereocenters. The maximum absolute atomic E-state index is 6.18. The van der Waals surface area contributed by atoms with Crippen molar-refractivity contribution >= 4 is 70.5 Å². The molecule has 12 aromatic rings. The Morgan fingerprint density at radius 3 is 1.58 bits per heavy atom. The first-order valence-corrected chi connectivity index (χ1v) is 22.7. The molecule has 0 radical (unpaired) electrons. The summed E-state index contributed by atoms with van der Waals surface area (Å²) in [7, 11) is 0. The number of thiophene rings is 1. The summed E-state index contributed by atoms with van der Waals surface area (Å²) in [5, 5.41) is 4.89. The molecule has 0 spiro atoms. The van der Waals surface area contributed by atoms with Crippen molar-refractivity contribution in [1.82, 2.24) is 0 Å². The Hall–Kier alpha value is -7.98. The van der Waals surface area contributed by atoms with Gasteiger partial charge in [-0.1, -0.05) is 164 Å². The number of furan rings is 1. The number of hydrogen-bond donors (Lipinski definition) is 0. The van der Waals surface area contributed by atoms with Crippen LogP contribution < -0.4 is 4.90 Å². The molecule has 0 saturated heterocycles. The summed E-state index contributed by atoms with van der Waals surface area (Å²) < 4.78 is 8.81. The molecule has 2 aromatic heterocycles. The van der Waals surface area contributed by atoms with Gasteiger partial charge in [0.05, 0.1) is 5.41 Å². The van der Waals surface area contributed by atoms with Gasteiger partial charge in [0.1, 0.15) is 11.2 Å². The van der Waals surface area contributed by atoms with Crippen molar-refractivity contribution < 1.29 is 4.42 Å². The van der Waals surface area contributed by atoms with E-state index in [4.69, 9.17) is 4.42 Å². The van der Waals surface area contributed by atoms with E-state index in [1.165, 1.54) is 64.7 Å². The minimum absolute atomic E-state index is 0.510. The Labute approximate surface area is 375 Å². The van der Waals surface area contributed by atoms with E-state index in [0.717, 1.165) is 50.1 Å². The molecule has 0 amide bonds. The summed E-state index contributed by atoms with van der Waals surface area (Å²) >= 11 is 1.86.